The Balaban J connectivity index is 1.48. The van der Waals surface area contributed by atoms with Crippen LogP contribution in [0.15, 0.2) is 65.2 Å². The summed E-state index contributed by atoms with van der Waals surface area (Å²) in [7, 11) is 0. The molecule has 4 rings (SSSR count). The van der Waals surface area contributed by atoms with E-state index in [0.717, 1.165) is 33.7 Å². The van der Waals surface area contributed by atoms with E-state index in [1.165, 1.54) is 0 Å². The van der Waals surface area contributed by atoms with Crippen LogP contribution < -0.4 is 4.74 Å². The van der Waals surface area contributed by atoms with E-state index in [1.54, 1.807) is 42.5 Å². The van der Waals surface area contributed by atoms with Crippen LogP contribution in [-0.4, -0.2) is 16.2 Å². The predicted octanol–water partition coefficient (Wildman–Crippen LogP) is 8.24. The first-order chi connectivity index (χ1) is 17.4. The summed E-state index contributed by atoms with van der Waals surface area (Å²) in [6.07, 6.45) is 4.72. The van der Waals surface area contributed by atoms with Gasteiger partial charge in [-0.1, -0.05) is 77.2 Å². The Morgan fingerprint density at radius 2 is 1.72 bits per heavy atom. The van der Waals surface area contributed by atoms with Crippen molar-refractivity contribution in [2.24, 2.45) is 0 Å². The number of aryl methyl sites for hydroxylation is 1. The van der Waals surface area contributed by atoms with Crippen LogP contribution in [0.25, 0.3) is 12.2 Å². The van der Waals surface area contributed by atoms with Gasteiger partial charge in [-0.15, -0.1) is 0 Å². The number of carboxylic acids is 1. The molecular formula is C28H22Cl3NO4. The van der Waals surface area contributed by atoms with Crippen molar-refractivity contribution >= 4 is 52.9 Å². The molecule has 36 heavy (non-hydrogen) atoms. The van der Waals surface area contributed by atoms with Gasteiger partial charge in [-0.2, -0.15) is 0 Å². The molecule has 0 atom stereocenters. The zero-order chi connectivity index (χ0) is 25.7. The second kappa shape index (κ2) is 11.7. The largest absolute Gasteiger partial charge is 0.489 e. The lowest BCUT2D eigenvalue weighted by Gasteiger charge is -2.10. The summed E-state index contributed by atoms with van der Waals surface area (Å²) in [5.41, 5.74) is 4.12. The number of rotatable bonds is 9. The Hall–Kier alpha value is -3.25. The number of aromatic carboxylic acids is 1. The van der Waals surface area contributed by atoms with E-state index in [1.807, 2.05) is 37.3 Å². The maximum Gasteiger partial charge on any atom is 0.335 e. The molecule has 0 aliphatic carbocycles. The lowest BCUT2D eigenvalue weighted by molar-refractivity contribution is 0.0697. The van der Waals surface area contributed by atoms with Crippen LogP contribution in [0.2, 0.25) is 15.1 Å². The first kappa shape index (κ1) is 25.8. The summed E-state index contributed by atoms with van der Waals surface area (Å²) in [6, 6.07) is 17.5. The van der Waals surface area contributed by atoms with Crippen LogP contribution in [0.5, 0.6) is 5.75 Å². The van der Waals surface area contributed by atoms with E-state index < -0.39 is 5.97 Å². The van der Waals surface area contributed by atoms with Crippen molar-refractivity contribution in [1.29, 1.82) is 0 Å². The standard InChI is InChI=1S/C28H22Cl3NO4/c1-2-27-22(26(32-36-27)15-21-23(29)7-4-8-24(21)30)16-35-20-12-11-18(25(31)14-20)10-9-17-5-3-6-19(13-17)28(33)34/h3-14H,2,15-16H2,1H3,(H,33,34)/b10-9+. The Morgan fingerprint density at radius 3 is 2.42 bits per heavy atom. The zero-order valence-corrected chi connectivity index (χ0v) is 21.6. The molecule has 3 aromatic carbocycles. The number of carbonyl (C=O) groups is 1. The van der Waals surface area contributed by atoms with Crippen molar-refractivity contribution in [1.82, 2.24) is 5.16 Å². The summed E-state index contributed by atoms with van der Waals surface area (Å²) in [5, 5.41) is 15.0. The topological polar surface area (TPSA) is 72.6 Å². The van der Waals surface area contributed by atoms with Gasteiger partial charge < -0.3 is 14.4 Å². The molecule has 0 fully saturated rings. The molecule has 0 aliphatic rings. The fourth-order valence-corrected chi connectivity index (χ4v) is 4.44. The number of hydrogen-bond donors (Lipinski definition) is 1. The molecule has 184 valence electrons. The highest BCUT2D eigenvalue weighted by Crippen LogP contribution is 2.30. The summed E-state index contributed by atoms with van der Waals surface area (Å²) in [4.78, 5) is 11.2. The van der Waals surface area contributed by atoms with Crippen LogP contribution >= 0.6 is 34.8 Å². The van der Waals surface area contributed by atoms with Crippen molar-refractivity contribution in [2.75, 3.05) is 0 Å². The van der Waals surface area contributed by atoms with Gasteiger partial charge in [-0.05, 0) is 59.2 Å². The molecule has 0 saturated carbocycles. The monoisotopic (exact) mass is 541 g/mol. The highest BCUT2D eigenvalue weighted by molar-refractivity contribution is 6.36. The van der Waals surface area contributed by atoms with Gasteiger partial charge in [-0.3, -0.25) is 0 Å². The molecule has 0 amide bonds. The third-order valence-electron chi connectivity index (χ3n) is 5.62. The van der Waals surface area contributed by atoms with E-state index in [0.29, 0.717) is 33.7 Å². The number of halogens is 3. The number of ether oxygens (including phenoxy) is 1. The number of aromatic nitrogens is 1. The highest BCUT2D eigenvalue weighted by Gasteiger charge is 2.18. The summed E-state index contributed by atoms with van der Waals surface area (Å²) in [5.74, 6) is 0.361. The van der Waals surface area contributed by atoms with Crippen molar-refractivity contribution < 1.29 is 19.2 Å². The Morgan fingerprint density at radius 1 is 0.972 bits per heavy atom. The quantitative estimate of drug-likeness (QED) is 0.216. The molecule has 0 radical (unpaired) electrons. The van der Waals surface area contributed by atoms with E-state index in [9.17, 15) is 4.79 Å². The Labute approximate surface area is 223 Å². The van der Waals surface area contributed by atoms with Gasteiger partial charge in [0.25, 0.3) is 0 Å². The number of hydrogen-bond acceptors (Lipinski definition) is 4. The van der Waals surface area contributed by atoms with Gasteiger partial charge in [-0.25, -0.2) is 4.79 Å². The molecule has 5 nitrogen and oxygen atoms in total. The number of benzene rings is 3. The maximum absolute atomic E-state index is 11.2. The van der Waals surface area contributed by atoms with Gasteiger partial charge in [0.05, 0.1) is 21.8 Å². The first-order valence-corrected chi connectivity index (χ1v) is 12.3. The second-order valence-electron chi connectivity index (χ2n) is 8.00. The van der Waals surface area contributed by atoms with Crippen molar-refractivity contribution in [3.05, 3.63) is 115 Å². The molecule has 0 unspecified atom stereocenters. The van der Waals surface area contributed by atoms with Crippen molar-refractivity contribution in [3.63, 3.8) is 0 Å². The molecule has 1 aromatic heterocycles. The SMILES string of the molecule is CCc1onc(Cc2c(Cl)cccc2Cl)c1COc1ccc(/C=C/c2cccc(C(=O)O)c2)c(Cl)c1. The third kappa shape index (κ3) is 6.11. The normalized spacial score (nSPS) is 11.2. The second-order valence-corrected chi connectivity index (χ2v) is 9.22. The lowest BCUT2D eigenvalue weighted by Crippen LogP contribution is -2.03. The lowest BCUT2D eigenvalue weighted by atomic mass is 10.0. The molecule has 0 saturated heterocycles. The molecule has 0 spiro atoms. The summed E-state index contributed by atoms with van der Waals surface area (Å²) < 4.78 is 11.6. The van der Waals surface area contributed by atoms with E-state index in [-0.39, 0.29) is 12.2 Å². The third-order valence-corrected chi connectivity index (χ3v) is 6.66. The fraction of sp³-hybridized carbons (Fsp3) is 0.143. The van der Waals surface area contributed by atoms with Gasteiger partial charge >= 0.3 is 5.97 Å². The van der Waals surface area contributed by atoms with E-state index in [2.05, 4.69) is 5.16 Å². The minimum atomic E-state index is -0.970. The average molecular weight is 543 g/mol. The van der Waals surface area contributed by atoms with Gasteiger partial charge in [0.1, 0.15) is 18.1 Å². The summed E-state index contributed by atoms with van der Waals surface area (Å²) in [6.45, 7) is 2.23. The first-order valence-electron chi connectivity index (χ1n) is 11.2. The Kier molecular flexibility index (Phi) is 8.36. The van der Waals surface area contributed by atoms with Crippen LogP contribution in [0.3, 0.4) is 0 Å². The molecule has 1 heterocycles. The van der Waals surface area contributed by atoms with Crippen molar-refractivity contribution in [3.8, 4) is 5.75 Å². The molecule has 8 heteroatoms. The maximum atomic E-state index is 11.2. The van der Waals surface area contributed by atoms with Crippen LogP contribution in [0, 0.1) is 0 Å². The Bertz CT molecular complexity index is 1410. The average Bonchev–Trinajstić information content (AvgIpc) is 3.26. The fourth-order valence-electron chi connectivity index (χ4n) is 3.68. The smallest absolute Gasteiger partial charge is 0.335 e. The van der Waals surface area contributed by atoms with Gasteiger partial charge in [0.15, 0.2) is 0 Å². The van der Waals surface area contributed by atoms with Crippen LogP contribution in [-0.2, 0) is 19.4 Å². The molecular weight excluding hydrogens is 521 g/mol. The van der Waals surface area contributed by atoms with Gasteiger partial charge in [0, 0.05) is 22.9 Å². The van der Waals surface area contributed by atoms with E-state index in [4.69, 9.17) is 49.2 Å². The molecule has 4 aromatic rings. The predicted molar refractivity (Wildman–Crippen MR) is 143 cm³/mol. The molecule has 1 N–H and O–H groups in total. The van der Waals surface area contributed by atoms with Crippen molar-refractivity contribution in [2.45, 2.75) is 26.4 Å². The molecule has 0 bridgehead atoms. The minimum absolute atomic E-state index is 0.225. The highest BCUT2D eigenvalue weighted by atomic mass is 35.5. The number of nitrogens with zero attached hydrogens (tertiary/aromatic N) is 1. The van der Waals surface area contributed by atoms with Crippen LogP contribution in [0.4, 0.5) is 0 Å². The number of carboxylic acid groups (broad SMARTS) is 1. The van der Waals surface area contributed by atoms with Gasteiger partial charge in [0.2, 0.25) is 0 Å². The minimum Gasteiger partial charge on any atom is -0.489 e. The molecule has 0 aliphatic heterocycles. The zero-order valence-electron chi connectivity index (χ0n) is 19.3. The van der Waals surface area contributed by atoms with E-state index >= 15 is 0 Å². The van der Waals surface area contributed by atoms with Crippen LogP contribution in [0.1, 0.15) is 51.0 Å². The summed E-state index contributed by atoms with van der Waals surface area (Å²) >= 11 is 19.2.